The Kier molecular flexibility index (Phi) is 3.56. The summed E-state index contributed by atoms with van der Waals surface area (Å²) in [6.45, 7) is 3.99. The zero-order valence-corrected chi connectivity index (χ0v) is 13.9. The van der Waals surface area contributed by atoms with Crippen LogP contribution in [0, 0.1) is 13.8 Å². The number of carbonyl (C=O) groups excluding carboxylic acids is 1. The summed E-state index contributed by atoms with van der Waals surface area (Å²) in [5.41, 5.74) is 5.96. The third-order valence-electron chi connectivity index (χ3n) is 4.82. The van der Waals surface area contributed by atoms with Crippen LogP contribution in [-0.2, 0) is 6.42 Å². The standard InChI is InChI=1S/C19H20N4O/c1-12-6-7-14-4-3-5-17(15(14)10-12)22-19(24)16-11-20-18-8-9-21-23(18)13(16)2/h6-11,17H,3-5H2,1-2H3,(H,22,24). The van der Waals surface area contributed by atoms with Crippen molar-refractivity contribution in [2.75, 3.05) is 0 Å². The van der Waals surface area contributed by atoms with E-state index in [9.17, 15) is 4.79 Å². The van der Waals surface area contributed by atoms with Crippen LogP contribution >= 0.6 is 0 Å². The second-order valence-electron chi connectivity index (χ2n) is 6.48. The Bertz CT molecular complexity index is 928. The highest BCUT2D eigenvalue weighted by Crippen LogP contribution is 2.30. The van der Waals surface area contributed by atoms with Gasteiger partial charge in [0.1, 0.15) is 0 Å². The molecule has 2 heterocycles. The summed E-state index contributed by atoms with van der Waals surface area (Å²) in [4.78, 5) is 17.1. The zero-order chi connectivity index (χ0) is 16.7. The van der Waals surface area contributed by atoms with Crippen LogP contribution in [0.3, 0.4) is 0 Å². The second-order valence-corrected chi connectivity index (χ2v) is 6.48. The molecule has 0 fully saturated rings. The molecule has 1 aromatic carbocycles. The van der Waals surface area contributed by atoms with E-state index in [1.54, 1.807) is 16.9 Å². The highest BCUT2D eigenvalue weighted by Gasteiger charge is 2.23. The fourth-order valence-electron chi connectivity index (χ4n) is 3.52. The van der Waals surface area contributed by atoms with Gasteiger partial charge in [0.2, 0.25) is 0 Å². The number of carbonyl (C=O) groups is 1. The van der Waals surface area contributed by atoms with Crippen LogP contribution in [0.4, 0.5) is 0 Å². The van der Waals surface area contributed by atoms with E-state index in [4.69, 9.17) is 0 Å². The molecule has 1 N–H and O–H groups in total. The average molecular weight is 320 g/mol. The van der Waals surface area contributed by atoms with Crippen LogP contribution in [0.25, 0.3) is 5.65 Å². The zero-order valence-electron chi connectivity index (χ0n) is 13.9. The van der Waals surface area contributed by atoms with Crippen molar-refractivity contribution in [2.45, 2.75) is 39.2 Å². The lowest BCUT2D eigenvalue weighted by Crippen LogP contribution is -2.32. The van der Waals surface area contributed by atoms with Gasteiger partial charge in [-0.25, -0.2) is 9.50 Å². The lowest BCUT2D eigenvalue weighted by Gasteiger charge is -2.27. The van der Waals surface area contributed by atoms with E-state index < -0.39 is 0 Å². The molecule has 5 nitrogen and oxygen atoms in total. The number of amides is 1. The number of hydrogen-bond acceptors (Lipinski definition) is 3. The number of benzene rings is 1. The first-order chi connectivity index (χ1) is 11.6. The van der Waals surface area contributed by atoms with Gasteiger partial charge in [0, 0.05) is 12.3 Å². The summed E-state index contributed by atoms with van der Waals surface area (Å²) < 4.78 is 1.70. The fourth-order valence-corrected chi connectivity index (χ4v) is 3.52. The van der Waals surface area contributed by atoms with Gasteiger partial charge in [0.15, 0.2) is 5.65 Å². The molecule has 3 aromatic rings. The smallest absolute Gasteiger partial charge is 0.255 e. The first-order valence-electron chi connectivity index (χ1n) is 8.33. The van der Waals surface area contributed by atoms with E-state index in [1.807, 2.05) is 13.0 Å². The molecule has 0 saturated carbocycles. The molecular weight excluding hydrogens is 300 g/mol. The molecule has 2 aromatic heterocycles. The van der Waals surface area contributed by atoms with Gasteiger partial charge in [-0.1, -0.05) is 23.8 Å². The molecule has 0 aliphatic heterocycles. The molecule has 1 aliphatic rings. The largest absolute Gasteiger partial charge is 0.345 e. The highest BCUT2D eigenvalue weighted by molar-refractivity contribution is 5.95. The topological polar surface area (TPSA) is 59.3 Å². The molecular formula is C19H20N4O. The summed E-state index contributed by atoms with van der Waals surface area (Å²) in [5.74, 6) is -0.0863. The Morgan fingerprint density at radius 2 is 2.17 bits per heavy atom. The molecule has 24 heavy (non-hydrogen) atoms. The molecule has 0 bridgehead atoms. The minimum Gasteiger partial charge on any atom is -0.345 e. The summed E-state index contributed by atoms with van der Waals surface area (Å²) in [5, 5.41) is 7.43. The van der Waals surface area contributed by atoms with E-state index in [0.29, 0.717) is 5.56 Å². The van der Waals surface area contributed by atoms with Crippen molar-refractivity contribution in [2.24, 2.45) is 0 Å². The maximum Gasteiger partial charge on any atom is 0.255 e. The predicted octanol–water partition coefficient (Wildman–Crippen LogP) is 3.15. The van der Waals surface area contributed by atoms with Gasteiger partial charge in [-0.2, -0.15) is 5.10 Å². The van der Waals surface area contributed by atoms with Crippen molar-refractivity contribution < 1.29 is 4.79 Å². The molecule has 0 spiro atoms. The molecule has 1 atom stereocenters. The van der Waals surface area contributed by atoms with Gasteiger partial charge < -0.3 is 5.32 Å². The van der Waals surface area contributed by atoms with Crippen molar-refractivity contribution >= 4 is 11.6 Å². The molecule has 0 saturated heterocycles. The highest BCUT2D eigenvalue weighted by atomic mass is 16.1. The van der Waals surface area contributed by atoms with Gasteiger partial charge >= 0.3 is 0 Å². The van der Waals surface area contributed by atoms with Crippen molar-refractivity contribution in [3.8, 4) is 0 Å². The van der Waals surface area contributed by atoms with Gasteiger partial charge in [-0.05, 0) is 44.2 Å². The number of aromatic nitrogens is 3. The minimum atomic E-state index is -0.0863. The molecule has 5 heteroatoms. The van der Waals surface area contributed by atoms with Crippen LogP contribution in [-0.4, -0.2) is 20.5 Å². The van der Waals surface area contributed by atoms with Crippen LogP contribution in [0.15, 0.2) is 36.7 Å². The lowest BCUT2D eigenvalue weighted by molar-refractivity contribution is 0.0931. The maximum absolute atomic E-state index is 12.8. The molecule has 0 radical (unpaired) electrons. The molecule has 1 amide bonds. The Morgan fingerprint density at radius 1 is 1.29 bits per heavy atom. The quantitative estimate of drug-likeness (QED) is 0.789. The van der Waals surface area contributed by atoms with Gasteiger partial charge in [0.25, 0.3) is 5.91 Å². The van der Waals surface area contributed by atoms with E-state index in [2.05, 4.69) is 40.5 Å². The third kappa shape index (κ3) is 2.46. The third-order valence-corrected chi connectivity index (χ3v) is 4.82. The minimum absolute atomic E-state index is 0.0638. The molecule has 122 valence electrons. The molecule has 1 unspecified atom stereocenters. The van der Waals surface area contributed by atoms with E-state index >= 15 is 0 Å². The Balaban J connectivity index is 1.65. The Morgan fingerprint density at radius 3 is 3.04 bits per heavy atom. The summed E-state index contributed by atoms with van der Waals surface area (Å²) >= 11 is 0. The first-order valence-corrected chi connectivity index (χ1v) is 8.33. The van der Waals surface area contributed by atoms with Crippen molar-refractivity contribution in [1.29, 1.82) is 0 Å². The normalized spacial score (nSPS) is 16.8. The van der Waals surface area contributed by atoms with Crippen LogP contribution in [0.1, 0.15) is 51.6 Å². The number of fused-ring (bicyclic) bond motifs is 2. The van der Waals surface area contributed by atoms with E-state index in [1.165, 1.54) is 16.7 Å². The van der Waals surface area contributed by atoms with Crippen molar-refractivity contribution in [3.05, 3.63) is 64.6 Å². The molecule has 4 rings (SSSR count). The van der Waals surface area contributed by atoms with Crippen LogP contribution in [0.2, 0.25) is 0 Å². The fraction of sp³-hybridized carbons (Fsp3) is 0.316. The Hall–Kier alpha value is -2.69. The Labute approximate surface area is 140 Å². The van der Waals surface area contributed by atoms with Crippen molar-refractivity contribution in [3.63, 3.8) is 0 Å². The number of rotatable bonds is 2. The van der Waals surface area contributed by atoms with E-state index in [-0.39, 0.29) is 11.9 Å². The predicted molar refractivity (Wildman–Crippen MR) is 92.0 cm³/mol. The van der Waals surface area contributed by atoms with Gasteiger partial charge in [-0.3, -0.25) is 4.79 Å². The summed E-state index contributed by atoms with van der Waals surface area (Å²) in [7, 11) is 0. The summed E-state index contributed by atoms with van der Waals surface area (Å²) in [6.07, 6.45) is 6.48. The number of aryl methyl sites for hydroxylation is 3. The average Bonchev–Trinajstić information content (AvgIpc) is 3.05. The SMILES string of the molecule is Cc1ccc2c(c1)C(NC(=O)c1cnc3ccnn3c1C)CCC2. The molecule has 1 aliphatic carbocycles. The second kappa shape index (κ2) is 5.74. The first kappa shape index (κ1) is 14.9. The summed E-state index contributed by atoms with van der Waals surface area (Å²) in [6, 6.07) is 8.42. The number of hydrogen-bond donors (Lipinski definition) is 1. The number of nitrogens with zero attached hydrogens (tertiary/aromatic N) is 3. The van der Waals surface area contributed by atoms with Gasteiger partial charge in [0.05, 0.1) is 23.5 Å². The maximum atomic E-state index is 12.8. The van der Waals surface area contributed by atoms with E-state index in [0.717, 1.165) is 30.6 Å². The van der Waals surface area contributed by atoms with Gasteiger partial charge in [-0.15, -0.1) is 0 Å². The van der Waals surface area contributed by atoms with Crippen molar-refractivity contribution in [1.82, 2.24) is 19.9 Å². The lowest BCUT2D eigenvalue weighted by atomic mass is 9.86. The van der Waals surface area contributed by atoms with Crippen LogP contribution in [0.5, 0.6) is 0 Å². The monoisotopic (exact) mass is 320 g/mol. The number of nitrogens with one attached hydrogen (secondary N) is 1. The van der Waals surface area contributed by atoms with Crippen LogP contribution < -0.4 is 5.32 Å².